The van der Waals surface area contributed by atoms with Gasteiger partial charge in [0.05, 0.1) is 19.0 Å². The lowest BCUT2D eigenvalue weighted by molar-refractivity contribution is -0.153. The van der Waals surface area contributed by atoms with E-state index < -0.39 is 26.5 Å². The van der Waals surface area contributed by atoms with Crippen molar-refractivity contribution in [3.8, 4) is 0 Å². The summed E-state index contributed by atoms with van der Waals surface area (Å²) in [6, 6.07) is 0. The Bertz CT molecular complexity index is 919. The number of aliphatic hydroxyl groups excluding tert-OH is 1. The summed E-state index contributed by atoms with van der Waals surface area (Å²) in [7, 11) is -4.69. The Morgan fingerprint density at radius 2 is 1.12 bits per heavy atom. The van der Waals surface area contributed by atoms with E-state index >= 15 is 0 Å². The van der Waals surface area contributed by atoms with Crippen molar-refractivity contribution in [3.63, 3.8) is 0 Å². The van der Waals surface area contributed by atoms with Gasteiger partial charge in [-0.1, -0.05) is 126 Å². The first-order valence-electron chi connectivity index (χ1n) is 18.7. The van der Waals surface area contributed by atoms with E-state index in [1.807, 2.05) is 19.1 Å². The fraction of sp³-hybridized carbons (Fsp3) is 0.718. The summed E-state index contributed by atoms with van der Waals surface area (Å²) >= 11 is 0. The average molecular weight is 697 g/mol. The van der Waals surface area contributed by atoms with Crippen molar-refractivity contribution in [2.24, 2.45) is 0 Å². The molecule has 0 spiro atoms. The zero-order valence-corrected chi connectivity index (χ0v) is 31.1. The second-order valence-electron chi connectivity index (χ2n) is 12.5. The number of carbonyl (C=O) groups is 1. The topological polar surface area (TPSA) is 123 Å². The molecule has 2 atom stereocenters. The van der Waals surface area contributed by atoms with Crippen LogP contribution in [0.5, 0.6) is 0 Å². The summed E-state index contributed by atoms with van der Waals surface area (Å²) in [5.74, 6) is -0.451. The maximum absolute atomic E-state index is 12.3. The normalized spacial score (nSPS) is 13.9. The SMILES string of the molecule is CCCCCCCCCCCCCC/C=C/OC[C@H](COP(=O)(O)O)OC(=O)CCC/C=C\C/C=C\C/C=C\C/C=C\CCC[C@H](C)O. The minimum absolute atomic E-state index is 0.0381. The zero-order valence-electron chi connectivity index (χ0n) is 30.2. The van der Waals surface area contributed by atoms with Crippen molar-refractivity contribution >= 4 is 13.8 Å². The van der Waals surface area contributed by atoms with Crippen molar-refractivity contribution in [1.82, 2.24) is 0 Å². The van der Waals surface area contributed by atoms with Crippen LogP contribution < -0.4 is 0 Å². The molecule has 0 aliphatic heterocycles. The number of phosphoric acid groups is 1. The molecule has 0 rings (SSSR count). The second-order valence-corrected chi connectivity index (χ2v) is 13.8. The number of hydrogen-bond donors (Lipinski definition) is 3. The molecule has 9 heteroatoms. The molecule has 0 aromatic heterocycles. The zero-order chi connectivity index (χ0) is 35.4. The smallest absolute Gasteiger partial charge is 0.469 e. The van der Waals surface area contributed by atoms with Crippen molar-refractivity contribution in [1.29, 1.82) is 0 Å². The molecule has 0 aliphatic rings. The van der Waals surface area contributed by atoms with Crippen molar-refractivity contribution in [2.75, 3.05) is 13.2 Å². The highest BCUT2D eigenvalue weighted by molar-refractivity contribution is 7.46. The van der Waals surface area contributed by atoms with E-state index in [-0.39, 0.29) is 19.1 Å². The lowest BCUT2D eigenvalue weighted by atomic mass is 10.0. The van der Waals surface area contributed by atoms with E-state index in [0.29, 0.717) is 6.42 Å². The van der Waals surface area contributed by atoms with Gasteiger partial charge in [0, 0.05) is 6.42 Å². The van der Waals surface area contributed by atoms with E-state index in [9.17, 15) is 14.5 Å². The molecule has 0 aromatic rings. The van der Waals surface area contributed by atoms with Crippen LogP contribution in [-0.2, 0) is 23.4 Å². The number of esters is 1. The molecule has 0 saturated heterocycles. The molecule has 3 N–H and O–H groups in total. The number of phosphoric ester groups is 1. The number of unbranched alkanes of at least 4 members (excludes halogenated alkanes) is 14. The molecule has 8 nitrogen and oxygen atoms in total. The van der Waals surface area contributed by atoms with Crippen LogP contribution in [0.2, 0.25) is 0 Å². The van der Waals surface area contributed by atoms with Crippen molar-refractivity contribution in [3.05, 3.63) is 60.9 Å². The van der Waals surface area contributed by atoms with Crippen molar-refractivity contribution < 1.29 is 38.3 Å². The van der Waals surface area contributed by atoms with E-state index in [2.05, 4.69) is 54.0 Å². The van der Waals surface area contributed by atoms with Crippen LogP contribution in [0.4, 0.5) is 0 Å². The summed E-state index contributed by atoms with van der Waals surface area (Å²) < 4.78 is 26.6. The molecule has 278 valence electrons. The number of rotatable bonds is 34. The molecule has 0 aromatic carbocycles. The number of hydrogen-bond acceptors (Lipinski definition) is 6. The van der Waals surface area contributed by atoms with E-state index in [1.54, 1.807) is 6.26 Å². The summed E-state index contributed by atoms with van der Waals surface area (Å²) in [5, 5.41) is 9.24. The summed E-state index contributed by atoms with van der Waals surface area (Å²) in [4.78, 5) is 30.4. The first kappa shape index (κ1) is 46.0. The highest BCUT2D eigenvalue weighted by Gasteiger charge is 2.21. The summed E-state index contributed by atoms with van der Waals surface area (Å²) in [6.07, 6.45) is 42.9. The molecule has 0 bridgehead atoms. The molecule has 0 fully saturated rings. The standard InChI is InChI=1S/C39H69O8P/c1-3-4-5-6-7-8-9-10-16-19-22-25-28-31-34-45-35-38(36-46-48(42,43)44)47-39(41)33-30-27-24-21-18-15-13-11-12-14-17-20-23-26-29-32-37(2)40/h12-15,20-21,23-24,31,34,37-38,40H,3-11,16-19,22,25-30,32-33,35-36H2,1-2H3,(H2,42,43,44)/b14-12-,15-13-,23-20-,24-21-,34-31+/t37-,38+/m0/s1. The third kappa shape index (κ3) is 38.5. The Morgan fingerprint density at radius 3 is 1.65 bits per heavy atom. The maximum atomic E-state index is 12.3. The Balaban J connectivity index is 4.02. The quantitative estimate of drug-likeness (QED) is 0.0200. The van der Waals surface area contributed by atoms with Crippen LogP contribution in [0.3, 0.4) is 0 Å². The lowest BCUT2D eigenvalue weighted by Crippen LogP contribution is -2.27. The van der Waals surface area contributed by atoms with Crippen LogP contribution in [-0.4, -0.2) is 46.3 Å². The van der Waals surface area contributed by atoms with Crippen LogP contribution in [0.25, 0.3) is 0 Å². The molecule has 0 unspecified atom stereocenters. The molecule has 0 radical (unpaired) electrons. The summed E-state index contributed by atoms with van der Waals surface area (Å²) in [5.41, 5.74) is 0. The molecule has 0 heterocycles. The van der Waals surface area contributed by atoms with Gasteiger partial charge < -0.3 is 24.4 Å². The minimum Gasteiger partial charge on any atom is -0.498 e. The third-order valence-corrected chi connectivity index (χ3v) is 8.14. The van der Waals surface area contributed by atoms with Crippen LogP contribution in [0.1, 0.15) is 155 Å². The van der Waals surface area contributed by atoms with E-state index in [1.165, 1.54) is 70.6 Å². The lowest BCUT2D eigenvalue weighted by Gasteiger charge is -2.17. The Kier molecular flexibility index (Phi) is 33.5. The number of aliphatic hydroxyl groups is 1. The van der Waals surface area contributed by atoms with E-state index in [4.69, 9.17) is 19.3 Å². The fourth-order valence-corrected chi connectivity index (χ4v) is 5.25. The largest absolute Gasteiger partial charge is 0.498 e. The molecule has 0 amide bonds. The van der Waals surface area contributed by atoms with Gasteiger partial charge in [-0.15, -0.1) is 0 Å². The Labute approximate surface area is 293 Å². The molecule has 48 heavy (non-hydrogen) atoms. The predicted octanol–water partition coefficient (Wildman–Crippen LogP) is 10.7. The maximum Gasteiger partial charge on any atom is 0.469 e. The molecule has 0 saturated carbocycles. The van der Waals surface area contributed by atoms with Gasteiger partial charge in [0.1, 0.15) is 6.61 Å². The van der Waals surface area contributed by atoms with Gasteiger partial charge in [-0.05, 0) is 77.2 Å². The van der Waals surface area contributed by atoms with E-state index in [0.717, 1.165) is 57.8 Å². The highest BCUT2D eigenvalue weighted by atomic mass is 31.2. The average Bonchev–Trinajstić information content (AvgIpc) is 3.04. The fourth-order valence-electron chi connectivity index (χ4n) is 4.89. The van der Waals surface area contributed by atoms with Gasteiger partial charge >= 0.3 is 13.8 Å². The number of allylic oxidation sites excluding steroid dienone is 9. The number of carbonyl (C=O) groups excluding carboxylic acids is 1. The van der Waals surface area contributed by atoms with Gasteiger partial charge in [0.2, 0.25) is 0 Å². The van der Waals surface area contributed by atoms with Crippen molar-refractivity contribution in [2.45, 2.75) is 167 Å². The Hall–Kier alpha value is -1.96. The minimum atomic E-state index is -4.69. The third-order valence-electron chi connectivity index (χ3n) is 7.65. The van der Waals surface area contributed by atoms with Gasteiger partial charge in [-0.2, -0.15) is 0 Å². The first-order valence-corrected chi connectivity index (χ1v) is 20.2. The van der Waals surface area contributed by atoms with Crippen LogP contribution >= 0.6 is 7.82 Å². The highest BCUT2D eigenvalue weighted by Crippen LogP contribution is 2.35. The summed E-state index contributed by atoms with van der Waals surface area (Å²) in [6.45, 7) is 3.60. The van der Waals surface area contributed by atoms with Gasteiger partial charge in [0.25, 0.3) is 0 Å². The molecule has 0 aliphatic carbocycles. The van der Waals surface area contributed by atoms with Gasteiger partial charge in [-0.25, -0.2) is 4.57 Å². The molecular weight excluding hydrogens is 627 g/mol. The predicted molar refractivity (Wildman–Crippen MR) is 198 cm³/mol. The monoisotopic (exact) mass is 696 g/mol. The van der Waals surface area contributed by atoms with Gasteiger partial charge in [-0.3, -0.25) is 9.32 Å². The first-order chi connectivity index (χ1) is 23.2. The number of ether oxygens (including phenoxy) is 2. The van der Waals surface area contributed by atoms with Crippen LogP contribution in [0.15, 0.2) is 60.9 Å². The Morgan fingerprint density at radius 1 is 0.646 bits per heavy atom. The van der Waals surface area contributed by atoms with Gasteiger partial charge in [0.15, 0.2) is 6.10 Å². The van der Waals surface area contributed by atoms with Crippen LogP contribution in [0, 0.1) is 0 Å². The second kappa shape index (κ2) is 34.9. The molecular formula is C39H69O8P.